The van der Waals surface area contributed by atoms with Gasteiger partial charge in [0.25, 0.3) is 0 Å². The lowest BCUT2D eigenvalue weighted by atomic mass is 9.76. The molecule has 1 aliphatic heterocycles. The fourth-order valence-electron chi connectivity index (χ4n) is 2.38. The Kier molecular flexibility index (Phi) is 3.35. The van der Waals surface area contributed by atoms with Gasteiger partial charge in [0.2, 0.25) is 0 Å². The minimum atomic E-state index is -0.536. The summed E-state index contributed by atoms with van der Waals surface area (Å²) in [6.07, 6.45) is 3.54. The van der Waals surface area contributed by atoms with E-state index in [0.29, 0.717) is 5.56 Å². The molecule has 3 rings (SSSR count). The van der Waals surface area contributed by atoms with Crippen molar-refractivity contribution in [3.63, 3.8) is 0 Å². The molecule has 22 heavy (non-hydrogen) atoms. The van der Waals surface area contributed by atoms with Crippen molar-refractivity contribution in [2.75, 3.05) is 0 Å². The Balaban J connectivity index is 1.98. The highest BCUT2D eigenvalue weighted by Gasteiger charge is 2.52. The molecule has 5 nitrogen and oxygen atoms in total. The van der Waals surface area contributed by atoms with Crippen LogP contribution in [0.15, 0.2) is 36.7 Å². The van der Waals surface area contributed by atoms with Crippen molar-refractivity contribution in [2.45, 2.75) is 38.9 Å². The van der Waals surface area contributed by atoms with Gasteiger partial charge in [-0.15, -0.1) is 0 Å². The number of aromatic nitrogens is 2. The topological polar surface area (TPSA) is 60.1 Å². The Morgan fingerprint density at radius 1 is 1.18 bits per heavy atom. The highest BCUT2D eigenvalue weighted by molar-refractivity contribution is 6.62. The number of benzene rings is 1. The first-order valence-electron chi connectivity index (χ1n) is 7.24. The second-order valence-corrected chi connectivity index (χ2v) is 6.42. The molecule has 0 atom stereocenters. The molecular formula is C16H18BN3O2. The van der Waals surface area contributed by atoms with E-state index in [9.17, 15) is 5.26 Å². The van der Waals surface area contributed by atoms with Gasteiger partial charge < -0.3 is 9.31 Å². The van der Waals surface area contributed by atoms with Gasteiger partial charge in [-0.05, 0) is 45.9 Å². The lowest BCUT2D eigenvalue weighted by Gasteiger charge is -2.32. The highest BCUT2D eigenvalue weighted by atomic mass is 16.7. The summed E-state index contributed by atoms with van der Waals surface area (Å²) in [5, 5.41) is 13.7. The lowest BCUT2D eigenvalue weighted by Crippen LogP contribution is -2.41. The van der Waals surface area contributed by atoms with E-state index in [1.54, 1.807) is 16.9 Å². The second-order valence-electron chi connectivity index (χ2n) is 6.42. The molecule has 0 spiro atoms. The van der Waals surface area contributed by atoms with Crippen LogP contribution < -0.4 is 5.46 Å². The predicted octanol–water partition coefficient (Wildman–Crippen LogP) is 2.04. The van der Waals surface area contributed by atoms with Crippen molar-refractivity contribution in [3.8, 4) is 11.8 Å². The first-order chi connectivity index (χ1) is 10.3. The zero-order valence-corrected chi connectivity index (χ0v) is 13.2. The molecule has 0 saturated carbocycles. The molecule has 0 bridgehead atoms. The monoisotopic (exact) mass is 295 g/mol. The van der Waals surface area contributed by atoms with E-state index in [4.69, 9.17) is 9.31 Å². The summed E-state index contributed by atoms with van der Waals surface area (Å²) in [6, 6.07) is 9.65. The van der Waals surface area contributed by atoms with Gasteiger partial charge in [-0.3, -0.25) is 0 Å². The molecule has 0 radical (unpaired) electrons. The maximum atomic E-state index is 9.47. The van der Waals surface area contributed by atoms with Gasteiger partial charge in [0.05, 0.1) is 28.5 Å². The van der Waals surface area contributed by atoms with Crippen molar-refractivity contribution >= 4 is 12.6 Å². The number of rotatable bonds is 2. The Bertz CT molecular complexity index is 716. The standard InChI is InChI=1S/C16H18BN3O2/c1-15(2)16(3,4)22-17(21-15)14-7-6-13(10-12(14)11-18)20-9-5-8-19-20/h5-10H,1-4H3. The molecule has 1 fully saturated rings. The van der Waals surface area contributed by atoms with Crippen LogP contribution in [0.4, 0.5) is 0 Å². The van der Waals surface area contributed by atoms with Crippen molar-refractivity contribution in [1.82, 2.24) is 9.78 Å². The fourth-order valence-corrected chi connectivity index (χ4v) is 2.38. The molecule has 0 amide bonds. The van der Waals surface area contributed by atoms with Crippen LogP contribution in [-0.2, 0) is 9.31 Å². The Morgan fingerprint density at radius 2 is 1.86 bits per heavy atom. The van der Waals surface area contributed by atoms with E-state index < -0.39 is 18.3 Å². The normalized spacial score (nSPS) is 19.1. The molecule has 1 aromatic carbocycles. The Hall–Kier alpha value is -2.10. The smallest absolute Gasteiger partial charge is 0.399 e. The van der Waals surface area contributed by atoms with Crippen LogP contribution in [0.5, 0.6) is 0 Å². The van der Waals surface area contributed by atoms with Crippen LogP contribution in [-0.4, -0.2) is 28.1 Å². The van der Waals surface area contributed by atoms with Crippen LogP contribution in [0.25, 0.3) is 5.69 Å². The van der Waals surface area contributed by atoms with E-state index in [1.807, 2.05) is 52.1 Å². The van der Waals surface area contributed by atoms with Crippen LogP contribution >= 0.6 is 0 Å². The molecule has 6 heteroatoms. The zero-order valence-electron chi connectivity index (χ0n) is 13.2. The van der Waals surface area contributed by atoms with Gasteiger partial charge in [0, 0.05) is 17.9 Å². The SMILES string of the molecule is CC1(C)OB(c2ccc(-n3cccn3)cc2C#N)OC1(C)C. The number of nitriles is 1. The van der Waals surface area contributed by atoms with E-state index in [0.717, 1.165) is 11.2 Å². The largest absolute Gasteiger partial charge is 0.496 e. The average molecular weight is 295 g/mol. The third-order valence-electron chi connectivity index (χ3n) is 4.43. The van der Waals surface area contributed by atoms with Gasteiger partial charge >= 0.3 is 7.12 Å². The van der Waals surface area contributed by atoms with E-state index in [2.05, 4.69) is 11.2 Å². The number of hydrogen-bond acceptors (Lipinski definition) is 4. The van der Waals surface area contributed by atoms with E-state index in [1.165, 1.54) is 0 Å². The summed E-state index contributed by atoms with van der Waals surface area (Å²) in [5.74, 6) is 0. The first kappa shape index (κ1) is 14.8. The second kappa shape index (κ2) is 4.97. The molecule has 0 N–H and O–H groups in total. The highest BCUT2D eigenvalue weighted by Crippen LogP contribution is 2.36. The minimum absolute atomic E-state index is 0.426. The van der Waals surface area contributed by atoms with Crippen LogP contribution in [0.1, 0.15) is 33.3 Å². The molecule has 1 aliphatic rings. The summed E-state index contributed by atoms with van der Waals surface area (Å²) >= 11 is 0. The predicted molar refractivity (Wildman–Crippen MR) is 84.0 cm³/mol. The summed E-state index contributed by atoms with van der Waals surface area (Å²) in [5.41, 5.74) is 1.26. The van der Waals surface area contributed by atoms with E-state index in [-0.39, 0.29) is 0 Å². The van der Waals surface area contributed by atoms with Gasteiger partial charge in [-0.1, -0.05) is 6.07 Å². The third kappa shape index (κ3) is 2.33. The average Bonchev–Trinajstić information content (AvgIpc) is 3.05. The Morgan fingerprint density at radius 3 is 2.41 bits per heavy atom. The first-order valence-corrected chi connectivity index (χ1v) is 7.24. The van der Waals surface area contributed by atoms with Crippen molar-refractivity contribution in [1.29, 1.82) is 5.26 Å². The molecule has 2 aromatic rings. The van der Waals surface area contributed by atoms with Crippen molar-refractivity contribution in [3.05, 3.63) is 42.2 Å². The molecule has 112 valence electrons. The summed E-state index contributed by atoms with van der Waals surface area (Å²) in [7, 11) is -0.536. The molecular weight excluding hydrogens is 277 g/mol. The van der Waals surface area contributed by atoms with Crippen molar-refractivity contribution in [2.24, 2.45) is 0 Å². The van der Waals surface area contributed by atoms with Crippen LogP contribution in [0, 0.1) is 11.3 Å². The maximum Gasteiger partial charge on any atom is 0.496 e. The molecule has 1 saturated heterocycles. The Labute approximate surface area is 130 Å². The zero-order chi connectivity index (χ0) is 16.0. The van der Waals surface area contributed by atoms with Gasteiger partial charge in [0.1, 0.15) is 0 Å². The van der Waals surface area contributed by atoms with Crippen LogP contribution in [0.3, 0.4) is 0 Å². The van der Waals surface area contributed by atoms with Crippen molar-refractivity contribution < 1.29 is 9.31 Å². The van der Waals surface area contributed by atoms with E-state index >= 15 is 0 Å². The summed E-state index contributed by atoms with van der Waals surface area (Å²) in [4.78, 5) is 0. The van der Waals surface area contributed by atoms with Crippen LogP contribution in [0.2, 0.25) is 0 Å². The molecule has 2 heterocycles. The number of nitrogens with zero attached hydrogens (tertiary/aromatic N) is 3. The minimum Gasteiger partial charge on any atom is -0.399 e. The molecule has 0 aliphatic carbocycles. The fraction of sp³-hybridized carbons (Fsp3) is 0.375. The molecule has 1 aromatic heterocycles. The summed E-state index contributed by atoms with van der Waals surface area (Å²) < 4.78 is 13.8. The summed E-state index contributed by atoms with van der Waals surface area (Å²) in [6.45, 7) is 7.99. The maximum absolute atomic E-state index is 9.47. The van der Waals surface area contributed by atoms with Gasteiger partial charge in [-0.25, -0.2) is 4.68 Å². The van der Waals surface area contributed by atoms with Gasteiger partial charge in [-0.2, -0.15) is 10.4 Å². The van der Waals surface area contributed by atoms with Gasteiger partial charge in [0.15, 0.2) is 0 Å². The third-order valence-corrected chi connectivity index (χ3v) is 4.43. The number of hydrogen-bond donors (Lipinski definition) is 0. The lowest BCUT2D eigenvalue weighted by molar-refractivity contribution is 0.00578. The molecule has 0 unspecified atom stereocenters. The quantitative estimate of drug-likeness (QED) is 0.796.